The number of rotatable bonds is 7. The second kappa shape index (κ2) is 9.54. The molecule has 0 bridgehead atoms. The molecule has 4 aromatic rings. The van der Waals surface area contributed by atoms with E-state index in [0.717, 1.165) is 5.56 Å². The number of aromatic nitrogens is 4. The van der Waals surface area contributed by atoms with Crippen LogP contribution in [-0.4, -0.2) is 33.2 Å². The van der Waals surface area contributed by atoms with E-state index in [1.54, 1.807) is 31.5 Å². The van der Waals surface area contributed by atoms with Gasteiger partial charge in [0.05, 0.1) is 24.3 Å². The Morgan fingerprint density at radius 1 is 1.18 bits per heavy atom. The molecule has 0 radical (unpaired) electrons. The lowest BCUT2D eigenvalue weighted by Crippen LogP contribution is -2.19. The highest BCUT2D eigenvalue weighted by atomic mass is 35.5. The number of fused-ring (bicyclic) bond motifs is 1. The van der Waals surface area contributed by atoms with Gasteiger partial charge < -0.3 is 9.47 Å². The second-order valence-electron chi connectivity index (χ2n) is 8.14. The molecule has 0 aliphatic heterocycles. The number of halogens is 1. The first-order chi connectivity index (χ1) is 16.7. The lowest BCUT2D eigenvalue weighted by Gasteiger charge is -2.26. The normalized spacial score (nSPS) is 13.7. The Labute approximate surface area is 202 Å². The Bertz CT molecular complexity index is 1400. The van der Waals surface area contributed by atoms with Gasteiger partial charge in [0.2, 0.25) is 0 Å². The van der Waals surface area contributed by atoms with Crippen molar-refractivity contribution in [3.05, 3.63) is 70.8 Å². The number of imidazole rings is 1. The smallest absolute Gasteiger partial charge is 0.168 e. The number of nitriles is 1. The fourth-order valence-corrected chi connectivity index (χ4v) is 4.04. The van der Waals surface area contributed by atoms with E-state index in [9.17, 15) is 0 Å². The molecule has 1 saturated carbocycles. The molecule has 0 spiro atoms. The third kappa shape index (κ3) is 4.33. The number of para-hydroxylation sites is 1. The van der Waals surface area contributed by atoms with Crippen molar-refractivity contribution in [3.8, 4) is 23.4 Å². The van der Waals surface area contributed by atoms with Crippen LogP contribution in [0.4, 0.5) is 0 Å². The molecular weight excluding hydrogens is 450 g/mol. The molecule has 5 rings (SSSR count). The Hall–Kier alpha value is -3.89. The molecule has 1 aliphatic rings. The van der Waals surface area contributed by atoms with E-state index in [4.69, 9.17) is 31.3 Å². The molecule has 34 heavy (non-hydrogen) atoms. The summed E-state index contributed by atoms with van der Waals surface area (Å²) >= 11 is 6.16. The first-order valence-corrected chi connectivity index (χ1v) is 11.4. The van der Waals surface area contributed by atoms with Crippen molar-refractivity contribution in [2.45, 2.75) is 19.3 Å². The van der Waals surface area contributed by atoms with Crippen molar-refractivity contribution in [1.29, 1.82) is 5.26 Å². The van der Waals surface area contributed by atoms with Crippen LogP contribution < -0.4 is 9.47 Å². The minimum absolute atomic E-state index is 0.478. The van der Waals surface area contributed by atoms with Crippen LogP contribution in [0.3, 0.4) is 0 Å². The average molecular weight is 472 g/mol. The van der Waals surface area contributed by atoms with E-state index >= 15 is 0 Å². The fraction of sp³-hybridized carbons (Fsp3) is 0.231. The topological polar surface area (TPSA) is 85.9 Å². The molecule has 3 aromatic heterocycles. The van der Waals surface area contributed by atoms with Crippen LogP contribution in [-0.2, 0) is 0 Å². The highest BCUT2D eigenvalue weighted by Gasteiger charge is 2.20. The summed E-state index contributed by atoms with van der Waals surface area (Å²) < 4.78 is 13.6. The van der Waals surface area contributed by atoms with E-state index in [1.807, 2.05) is 34.9 Å². The van der Waals surface area contributed by atoms with Crippen molar-refractivity contribution in [2.24, 2.45) is 5.92 Å². The summed E-state index contributed by atoms with van der Waals surface area (Å²) in [6.45, 7) is 0.678. The van der Waals surface area contributed by atoms with E-state index in [1.165, 1.54) is 25.5 Å². The van der Waals surface area contributed by atoms with Gasteiger partial charge in [-0.05, 0) is 55.2 Å². The molecule has 0 N–H and O–H groups in total. The predicted molar refractivity (Wildman–Crippen MR) is 131 cm³/mol. The summed E-state index contributed by atoms with van der Waals surface area (Å²) in [5, 5.41) is 9.62. The van der Waals surface area contributed by atoms with Crippen LogP contribution in [0.5, 0.6) is 11.5 Å². The summed E-state index contributed by atoms with van der Waals surface area (Å²) in [4.78, 5) is 13.6. The lowest BCUT2D eigenvalue weighted by molar-refractivity contribution is 0.175. The van der Waals surface area contributed by atoms with Gasteiger partial charge in [0.15, 0.2) is 17.1 Å². The molecular formula is C26H22ClN5O2. The summed E-state index contributed by atoms with van der Waals surface area (Å²) in [6, 6.07) is 13.2. The van der Waals surface area contributed by atoms with Gasteiger partial charge in [-0.3, -0.25) is 4.57 Å². The van der Waals surface area contributed by atoms with Crippen molar-refractivity contribution in [2.75, 3.05) is 13.7 Å². The standard InChI is InChI=1S/C26H22ClN5O2/c1-33-22-7-3-6-19(25(22)34-16-17-4-2-5-17)9-11-24-31-21-12-20(27)15-30-26(21)32(24)23-10-8-18(13-28)14-29-23/h3,6-12,14-15,17H,2,4-5,16H2,1H3. The van der Waals surface area contributed by atoms with Crippen molar-refractivity contribution >= 4 is 34.9 Å². The largest absolute Gasteiger partial charge is 0.493 e. The van der Waals surface area contributed by atoms with E-state index in [2.05, 4.69) is 16.0 Å². The average Bonchev–Trinajstić information content (AvgIpc) is 3.19. The number of pyridine rings is 2. The molecule has 0 atom stereocenters. The molecule has 8 heteroatoms. The summed E-state index contributed by atoms with van der Waals surface area (Å²) in [7, 11) is 1.64. The molecule has 0 saturated heterocycles. The summed E-state index contributed by atoms with van der Waals surface area (Å²) in [6.07, 6.45) is 10.6. The molecule has 3 heterocycles. The van der Waals surface area contributed by atoms with Gasteiger partial charge in [0.25, 0.3) is 0 Å². The number of hydrogen-bond acceptors (Lipinski definition) is 6. The third-order valence-corrected chi connectivity index (χ3v) is 6.13. The molecule has 0 amide bonds. The van der Waals surface area contributed by atoms with Crippen LogP contribution in [0.2, 0.25) is 5.02 Å². The minimum atomic E-state index is 0.478. The van der Waals surface area contributed by atoms with Crippen LogP contribution in [0.25, 0.3) is 29.1 Å². The number of benzene rings is 1. The van der Waals surface area contributed by atoms with Crippen LogP contribution in [0.15, 0.2) is 48.8 Å². The maximum atomic E-state index is 9.12. The number of hydrogen-bond donors (Lipinski definition) is 0. The van der Waals surface area contributed by atoms with Crippen LogP contribution >= 0.6 is 11.6 Å². The predicted octanol–water partition coefficient (Wildman–Crippen LogP) is 5.70. The Morgan fingerprint density at radius 2 is 2.06 bits per heavy atom. The molecule has 7 nitrogen and oxygen atoms in total. The number of methoxy groups -OCH3 is 1. The zero-order valence-corrected chi connectivity index (χ0v) is 19.4. The van der Waals surface area contributed by atoms with Gasteiger partial charge in [-0.25, -0.2) is 15.0 Å². The second-order valence-corrected chi connectivity index (χ2v) is 8.57. The van der Waals surface area contributed by atoms with Gasteiger partial charge in [-0.2, -0.15) is 5.26 Å². The SMILES string of the molecule is COc1cccc(C=Cc2nc3cc(Cl)cnc3n2-c2ccc(C#N)cn2)c1OCC1CCC1. The zero-order chi connectivity index (χ0) is 23.5. The highest BCUT2D eigenvalue weighted by molar-refractivity contribution is 6.31. The quantitative estimate of drug-likeness (QED) is 0.343. The first kappa shape index (κ1) is 21.9. The zero-order valence-electron chi connectivity index (χ0n) is 18.6. The summed E-state index contributed by atoms with van der Waals surface area (Å²) in [5.74, 6) is 3.23. The minimum Gasteiger partial charge on any atom is -0.493 e. The highest BCUT2D eigenvalue weighted by Crippen LogP contribution is 2.35. The fourth-order valence-electron chi connectivity index (χ4n) is 3.88. The van der Waals surface area contributed by atoms with Crippen molar-refractivity contribution < 1.29 is 9.47 Å². The molecule has 1 aliphatic carbocycles. The van der Waals surface area contributed by atoms with Gasteiger partial charge in [-0.1, -0.05) is 30.2 Å². The summed E-state index contributed by atoms with van der Waals surface area (Å²) in [5.41, 5.74) is 2.63. The maximum Gasteiger partial charge on any atom is 0.168 e. The third-order valence-electron chi connectivity index (χ3n) is 5.93. The van der Waals surface area contributed by atoms with E-state index < -0.39 is 0 Å². The lowest BCUT2D eigenvalue weighted by atomic mass is 9.86. The Balaban J connectivity index is 1.56. The van der Waals surface area contributed by atoms with Gasteiger partial charge in [-0.15, -0.1) is 0 Å². The van der Waals surface area contributed by atoms with Crippen molar-refractivity contribution in [1.82, 2.24) is 19.5 Å². The molecule has 1 aromatic carbocycles. The van der Waals surface area contributed by atoms with Crippen molar-refractivity contribution in [3.63, 3.8) is 0 Å². The molecule has 0 unspecified atom stereocenters. The Morgan fingerprint density at radius 3 is 2.76 bits per heavy atom. The Kier molecular flexibility index (Phi) is 6.15. The number of ether oxygens (including phenoxy) is 2. The van der Waals surface area contributed by atoms with E-state index in [0.29, 0.717) is 57.4 Å². The van der Waals surface area contributed by atoms with Gasteiger partial charge in [0, 0.05) is 18.0 Å². The molecule has 170 valence electrons. The van der Waals surface area contributed by atoms with E-state index in [-0.39, 0.29) is 0 Å². The van der Waals surface area contributed by atoms with Gasteiger partial charge in [0.1, 0.15) is 23.2 Å². The molecule has 1 fully saturated rings. The van der Waals surface area contributed by atoms with Crippen LogP contribution in [0, 0.1) is 17.2 Å². The maximum absolute atomic E-state index is 9.12. The van der Waals surface area contributed by atoms with Gasteiger partial charge >= 0.3 is 0 Å². The first-order valence-electron chi connectivity index (χ1n) is 11.0. The monoisotopic (exact) mass is 471 g/mol. The van der Waals surface area contributed by atoms with Crippen LogP contribution in [0.1, 0.15) is 36.2 Å². The number of nitrogens with zero attached hydrogens (tertiary/aromatic N) is 5.